The van der Waals surface area contributed by atoms with Crippen LogP contribution < -0.4 is 9.74 Å². The Balaban J connectivity index is 2.07. The van der Waals surface area contributed by atoms with Crippen molar-refractivity contribution in [1.29, 1.82) is 0 Å². The molecule has 2 aromatic carbocycles. The highest BCUT2D eigenvalue weighted by atomic mass is 28.4. The predicted octanol–water partition coefficient (Wildman–Crippen LogP) is 6.18. The first-order valence-corrected chi connectivity index (χ1v) is 12.5. The molecule has 0 aliphatic heterocycles. The molecule has 0 aromatic heterocycles. The van der Waals surface area contributed by atoms with Gasteiger partial charge in [0, 0.05) is 5.56 Å². The van der Waals surface area contributed by atoms with Crippen molar-refractivity contribution in [3.8, 4) is 5.75 Å². The van der Waals surface area contributed by atoms with E-state index in [2.05, 4.69) is 71.2 Å². The minimum Gasteiger partial charge on any atom is -0.544 e. The Labute approximate surface area is 165 Å². The molecule has 1 atom stereocenters. The molecule has 0 aliphatic carbocycles. The highest BCUT2D eigenvalue weighted by Gasteiger charge is 2.38. The van der Waals surface area contributed by atoms with Crippen LogP contribution in [0.15, 0.2) is 42.5 Å². The lowest BCUT2D eigenvalue weighted by Gasteiger charge is -2.36. The first kappa shape index (κ1) is 21.2. The third-order valence-corrected chi connectivity index (χ3v) is 9.89. The molecule has 0 heterocycles. The lowest BCUT2D eigenvalue weighted by molar-refractivity contribution is 0.0940. The fraction of sp³-hybridized carbons (Fsp3) is 0.435. The fourth-order valence-corrected chi connectivity index (χ4v) is 3.82. The van der Waals surface area contributed by atoms with Crippen LogP contribution in [0.4, 0.5) is 0 Å². The summed E-state index contributed by atoms with van der Waals surface area (Å²) in [5.74, 6) is 0.766. The summed E-state index contributed by atoms with van der Waals surface area (Å²) in [6.07, 6.45) is 0. The molecule has 4 heteroatoms. The van der Waals surface area contributed by atoms with Gasteiger partial charge in [-0.1, -0.05) is 44.5 Å². The Morgan fingerprint density at radius 3 is 2.15 bits per heavy atom. The van der Waals surface area contributed by atoms with Gasteiger partial charge in [-0.05, 0) is 74.3 Å². The van der Waals surface area contributed by atoms with Crippen LogP contribution in [0.25, 0.3) is 0 Å². The van der Waals surface area contributed by atoms with E-state index < -0.39 is 8.32 Å². The molecule has 0 saturated heterocycles. The number of rotatable bonds is 5. The summed E-state index contributed by atoms with van der Waals surface area (Å²) in [5, 5.41) is 3.24. The van der Waals surface area contributed by atoms with E-state index in [1.54, 1.807) is 0 Å². The smallest absolute Gasteiger partial charge is 0.251 e. The first-order valence-electron chi connectivity index (χ1n) is 9.58. The van der Waals surface area contributed by atoms with Crippen molar-refractivity contribution in [1.82, 2.24) is 5.32 Å². The van der Waals surface area contributed by atoms with Crippen LogP contribution in [0.5, 0.6) is 5.75 Å². The minimum atomic E-state index is -1.87. The van der Waals surface area contributed by atoms with Gasteiger partial charge in [-0.3, -0.25) is 4.79 Å². The van der Waals surface area contributed by atoms with Gasteiger partial charge in [0.05, 0.1) is 6.04 Å². The quantitative estimate of drug-likeness (QED) is 0.626. The monoisotopic (exact) mass is 383 g/mol. The van der Waals surface area contributed by atoms with Gasteiger partial charge in [0.2, 0.25) is 8.32 Å². The van der Waals surface area contributed by atoms with Crippen LogP contribution >= 0.6 is 0 Å². The fourth-order valence-electron chi connectivity index (χ4n) is 2.79. The molecule has 2 aromatic rings. The Bertz CT molecular complexity index is 804. The summed E-state index contributed by atoms with van der Waals surface area (Å²) in [6, 6.07) is 13.8. The van der Waals surface area contributed by atoms with Crippen LogP contribution in [0.2, 0.25) is 18.1 Å². The number of hydrogen-bond donors (Lipinski definition) is 1. The normalized spacial score (nSPS) is 13.2. The zero-order chi connectivity index (χ0) is 20.4. The summed E-state index contributed by atoms with van der Waals surface area (Å²) in [4.78, 5) is 12.6. The van der Waals surface area contributed by atoms with E-state index in [-0.39, 0.29) is 17.0 Å². The second-order valence-electron chi connectivity index (χ2n) is 8.94. The van der Waals surface area contributed by atoms with Crippen LogP contribution in [-0.4, -0.2) is 14.2 Å². The molecular weight excluding hydrogens is 350 g/mol. The van der Waals surface area contributed by atoms with E-state index >= 15 is 0 Å². The van der Waals surface area contributed by atoms with Crippen LogP contribution in [0, 0.1) is 13.8 Å². The highest BCUT2D eigenvalue weighted by Crippen LogP contribution is 2.37. The van der Waals surface area contributed by atoms with E-state index in [0.29, 0.717) is 5.56 Å². The van der Waals surface area contributed by atoms with Gasteiger partial charge in [-0.15, -0.1) is 0 Å². The largest absolute Gasteiger partial charge is 0.544 e. The molecule has 0 saturated carbocycles. The summed E-state index contributed by atoms with van der Waals surface area (Å²) in [7, 11) is -1.87. The van der Waals surface area contributed by atoms with Crippen molar-refractivity contribution >= 4 is 14.2 Å². The Morgan fingerprint density at radius 1 is 1.04 bits per heavy atom. The summed E-state index contributed by atoms with van der Waals surface area (Å²) < 4.78 is 6.29. The first-order chi connectivity index (χ1) is 12.4. The summed E-state index contributed by atoms with van der Waals surface area (Å²) in [6.45, 7) is 17.3. The molecule has 0 bridgehead atoms. The Hall–Kier alpha value is -2.07. The van der Waals surface area contributed by atoms with Gasteiger partial charge in [0.25, 0.3) is 5.91 Å². The number of aryl methyl sites for hydroxylation is 2. The zero-order valence-electron chi connectivity index (χ0n) is 17.9. The summed E-state index contributed by atoms with van der Waals surface area (Å²) >= 11 is 0. The molecule has 27 heavy (non-hydrogen) atoms. The van der Waals surface area contributed by atoms with Gasteiger partial charge >= 0.3 is 0 Å². The highest BCUT2D eigenvalue weighted by molar-refractivity contribution is 6.74. The van der Waals surface area contributed by atoms with E-state index in [9.17, 15) is 4.79 Å². The predicted molar refractivity (Wildman–Crippen MR) is 116 cm³/mol. The summed E-state index contributed by atoms with van der Waals surface area (Å²) in [5.41, 5.74) is 4.22. The molecule has 0 radical (unpaired) electrons. The lowest BCUT2D eigenvalue weighted by atomic mass is 10.00. The van der Waals surface area contributed by atoms with Crippen molar-refractivity contribution in [3.05, 3.63) is 64.7 Å². The van der Waals surface area contributed by atoms with E-state index in [1.807, 2.05) is 31.2 Å². The maximum Gasteiger partial charge on any atom is 0.251 e. The van der Waals surface area contributed by atoms with Crippen LogP contribution in [0.3, 0.4) is 0 Å². The second-order valence-corrected chi connectivity index (χ2v) is 13.7. The van der Waals surface area contributed by atoms with E-state index in [4.69, 9.17) is 4.43 Å². The molecule has 0 aliphatic rings. The Morgan fingerprint density at radius 2 is 1.63 bits per heavy atom. The minimum absolute atomic E-state index is 0.0405. The number of carbonyl (C=O) groups excluding carboxylic acids is 1. The number of amides is 1. The van der Waals surface area contributed by atoms with Crippen LogP contribution in [-0.2, 0) is 0 Å². The maximum absolute atomic E-state index is 12.6. The van der Waals surface area contributed by atoms with Gasteiger partial charge in [0.15, 0.2) is 0 Å². The van der Waals surface area contributed by atoms with E-state index in [0.717, 1.165) is 11.3 Å². The van der Waals surface area contributed by atoms with Crippen molar-refractivity contribution in [2.45, 2.75) is 65.7 Å². The average molecular weight is 384 g/mol. The van der Waals surface area contributed by atoms with E-state index in [1.165, 1.54) is 11.1 Å². The van der Waals surface area contributed by atoms with Crippen molar-refractivity contribution < 1.29 is 9.22 Å². The number of hydrogen-bond acceptors (Lipinski definition) is 2. The maximum atomic E-state index is 12.6. The van der Waals surface area contributed by atoms with Crippen LogP contribution in [0.1, 0.15) is 60.8 Å². The number of benzene rings is 2. The lowest BCUT2D eigenvalue weighted by Crippen LogP contribution is -2.43. The van der Waals surface area contributed by atoms with Gasteiger partial charge < -0.3 is 9.74 Å². The number of carbonyl (C=O) groups is 1. The molecule has 1 unspecified atom stereocenters. The van der Waals surface area contributed by atoms with Gasteiger partial charge in [-0.25, -0.2) is 0 Å². The third-order valence-electron chi connectivity index (χ3n) is 5.54. The average Bonchev–Trinajstić information content (AvgIpc) is 2.53. The number of nitrogens with one attached hydrogen (secondary N) is 1. The van der Waals surface area contributed by atoms with Gasteiger partial charge in [-0.2, -0.15) is 0 Å². The second kappa shape index (κ2) is 7.89. The molecular formula is C23H33NO2Si. The standard InChI is InChI=1S/C23H33NO2Si/c1-16-9-14-21(17(2)15-16)18(3)24-22(25)19-10-12-20(13-11-19)26-27(7,8)23(4,5)6/h9-15,18H,1-8H3,(H,24,25). The molecule has 2 rings (SSSR count). The van der Waals surface area contributed by atoms with Gasteiger partial charge in [0.1, 0.15) is 5.75 Å². The zero-order valence-corrected chi connectivity index (χ0v) is 18.9. The molecule has 1 amide bonds. The molecule has 0 spiro atoms. The molecule has 3 nitrogen and oxygen atoms in total. The third kappa shape index (κ3) is 5.22. The SMILES string of the molecule is Cc1ccc(C(C)NC(=O)c2ccc(O[Si](C)(C)C(C)(C)C)cc2)c(C)c1. The topological polar surface area (TPSA) is 38.3 Å². The van der Waals surface area contributed by atoms with Crippen molar-refractivity contribution in [2.24, 2.45) is 0 Å². The van der Waals surface area contributed by atoms with Crippen molar-refractivity contribution in [2.75, 3.05) is 0 Å². The molecule has 1 N–H and O–H groups in total. The molecule has 0 fully saturated rings. The Kier molecular flexibility index (Phi) is 6.20. The van der Waals surface area contributed by atoms with Crippen molar-refractivity contribution in [3.63, 3.8) is 0 Å². The molecule has 146 valence electrons.